The summed E-state index contributed by atoms with van der Waals surface area (Å²) in [6.07, 6.45) is 0. The van der Waals surface area contributed by atoms with E-state index >= 15 is 0 Å². The van der Waals surface area contributed by atoms with Crippen molar-refractivity contribution < 1.29 is 4.43 Å². The second kappa shape index (κ2) is 3.92. The van der Waals surface area contributed by atoms with Crippen LogP contribution >= 0.6 is 15.9 Å². The second-order valence-corrected chi connectivity index (χ2v) is 5.87. The lowest BCUT2D eigenvalue weighted by atomic mass is 10.3. The van der Waals surface area contributed by atoms with Crippen molar-refractivity contribution >= 4 is 25.0 Å². The molecule has 1 nitrogen and oxygen atoms in total. The Hall–Kier alpha value is -0.283. The Labute approximate surface area is 77.2 Å². The molecule has 0 saturated carbocycles. The Morgan fingerprint density at radius 2 is 1.73 bits per heavy atom. The highest BCUT2D eigenvalue weighted by atomic mass is 79.9. The molecule has 0 aliphatic rings. The number of halogens is 1. The van der Waals surface area contributed by atoms with Gasteiger partial charge >= 0.3 is 0 Å². The molecule has 0 aliphatic heterocycles. The number of hydrogen-bond acceptors (Lipinski definition) is 1. The lowest BCUT2D eigenvalue weighted by Gasteiger charge is -2.08. The molecule has 0 unspecified atom stereocenters. The van der Waals surface area contributed by atoms with E-state index in [1.165, 1.54) is 0 Å². The van der Waals surface area contributed by atoms with E-state index in [0.717, 1.165) is 10.2 Å². The van der Waals surface area contributed by atoms with E-state index < -0.39 is 9.04 Å². The minimum Gasteiger partial charge on any atom is -0.547 e. The maximum atomic E-state index is 5.59. The molecule has 0 saturated heterocycles. The molecule has 0 spiro atoms. The van der Waals surface area contributed by atoms with Crippen LogP contribution in [0.2, 0.25) is 13.1 Å². The molecule has 0 radical (unpaired) electrons. The van der Waals surface area contributed by atoms with Gasteiger partial charge in [-0.1, -0.05) is 15.9 Å². The molecule has 0 fully saturated rings. The first-order chi connectivity index (χ1) is 5.18. The zero-order valence-corrected chi connectivity index (χ0v) is 9.41. The summed E-state index contributed by atoms with van der Waals surface area (Å²) in [5.41, 5.74) is 0. The maximum absolute atomic E-state index is 5.59. The van der Waals surface area contributed by atoms with Crippen LogP contribution in [0, 0.1) is 0 Å². The van der Waals surface area contributed by atoms with Gasteiger partial charge in [0.05, 0.1) is 0 Å². The zero-order valence-electron chi connectivity index (χ0n) is 6.67. The topological polar surface area (TPSA) is 9.23 Å². The summed E-state index contributed by atoms with van der Waals surface area (Å²) in [4.78, 5) is 0. The maximum Gasteiger partial charge on any atom is 0.229 e. The molecule has 1 rings (SSSR count). The molecule has 1 aromatic carbocycles. The molecule has 0 N–H and O–H groups in total. The fourth-order valence-electron chi connectivity index (χ4n) is 0.785. The molecule has 3 heteroatoms. The van der Waals surface area contributed by atoms with Crippen LogP contribution in [0.25, 0.3) is 0 Å². The van der Waals surface area contributed by atoms with Crippen molar-refractivity contribution in [2.24, 2.45) is 0 Å². The lowest BCUT2D eigenvalue weighted by Crippen LogP contribution is -2.10. The molecular formula is C8H11BrOSi. The summed E-state index contributed by atoms with van der Waals surface area (Å²) in [6, 6.07) is 7.95. The first-order valence-corrected chi connectivity index (χ1v) is 7.18. The van der Waals surface area contributed by atoms with Gasteiger partial charge in [-0.2, -0.15) is 0 Å². The Bertz CT molecular complexity index is 220. The highest BCUT2D eigenvalue weighted by molar-refractivity contribution is 9.10. The summed E-state index contributed by atoms with van der Waals surface area (Å²) in [7, 11) is -0.928. The van der Waals surface area contributed by atoms with Crippen LogP contribution in [0.5, 0.6) is 5.75 Å². The van der Waals surface area contributed by atoms with Crippen molar-refractivity contribution in [3.05, 3.63) is 28.7 Å². The van der Waals surface area contributed by atoms with Crippen LogP contribution in [0.4, 0.5) is 0 Å². The molecular weight excluding hydrogens is 220 g/mol. The average molecular weight is 231 g/mol. The first kappa shape index (κ1) is 8.81. The molecule has 0 aliphatic carbocycles. The monoisotopic (exact) mass is 230 g/mol. The fourth-order valence-corrected chi connectivity index (χ4v) is 1.75. The smallest absolute Gasteiger partial charge is 0.229 e. The molecule has 0 amide bonds. The number of rotatable bonds is 2. The average Bonchev–Trinajstić information content (AvgIpc) is 1.93. The normalized spacial score (nSPS) is 10.2. The van der Waals surface area contributed by atoms with E-state index in [0.29, 0.717) is 0 Å². The minimum atomic E-state index is -0.928. The van der Waals surface area contributed by atoms with Crippen LogP contribution in [0.1, 0.15) is 0 Å². The number of hydrogen-bond donors (Lipinski definition) is 0. The Morgan fingerprint density at radius 1 is 1.18 bits per heavy atom. The van der Waals surface area contributed by atoms with Gasteiger partial charge in [0.25, 0.3) is 0 Å². The largest absolute Gasteiger partial charge is 0.547 e. The minimum absolute atomic E-state index is 0.928. The summed E-state index contributed by atoms with van der Waals surface area (Å²) < 4.78 is 6.68. The number of benzene rings is 1. The third-order valence-electron chi connectivity index (χ3n) is 1.19. The predicted molar refractivity (Wildman–Crippen MR) is 53.6 cm³/mol. The third kappa shape index (κ3) is 3.08. The molecule has 0 atom stereocenters. The van der Waals surface area contributed by atoms with E-state index in [4.69, 9.17) is 4.43 Å². The van der Waals surface area contributed by atoms with Crippen molar-refractivity contribution in [3.63, 3.8) is 0 Å². The Kier molecular flexibility index (Phi) is 3.14. The zero-order chi connectivity index (χ0) is 8.27. The van der Waals surface area contributed by atoms with Gasteiger partial charge in [0.2, 0.25) is 9.04 Å². The van der Waals surface area contributed by atoms with Gasteiger partial charge in [0.15, 0.2) is 0 Å². The van der Waals surface area contributed by atoms with Gasteiger partial charge in [-0.05, 0) is 37.4 Å². The molecule has 0 aromatic heterocycles. The van der Waals surface area contributed by atoms with Gasteiger partial charge in [0, 0.05) is 4.47 Å². The van der Waals surface area contributed by atoms with Gasteiger partial charge < -0.3 is 4.43 Å². The molecule has 0 heterocycles. The summed E-state index contributed by atoms with van der Waals surface area (Å²) >= 11 is 3.37. The van der Waals surface area contributed by atoms with E-state index in [1.807, 2.05) is 24.3 Å². The summed E-state index contributed by atoms with van der Waals surface area (Å²) in [6.45, 7) is 4.31. The van der Waals surface area contributed by atoms with Crippen LogP contribution < -0.4 is 4.43 Å². The first-order valence-electron chi connectivity index (χ1n) is 3.60. The van der Waals surface area contributed by atoms with Crippen molar-refractivity contribution in [3.8, 4) is 5.75 Å². The van der Waals surface area contributed by atoms with Crippen LogP contribution in [-0.4, -0.2) is 9.04 Å². The van der Waals surface area contributed by atoms with Crippen LogP contribution in [0.15, 0.2) is 28.7 Å². The van der Waals surface area contributed by atoms with E-state index in [-0.39, 0.29) is 0 Å². The fraction of sp³-hybridized carbons (Fsp3) is 0.250. The van der Waals surface area contributed by atoms with Crippen LogP contribution in [-0.2, 0) is 0 Å². The summed E-state index contributed by atoms with van der Waals surface area (Å²) in [5, 5.41) is 0. The quantitative estimate of drug-likeness (QED) is 0.711. The van der Waals surface area contributed by atoms with Crippen molar-refractivity contribution in [1.82, 2.24) is 0 Å². The van der Waals surface area contributed by atoms with Crippen LogP contribution in [0.3, 0.4) is 0 Å². The van der Waals surface area contributed by atoms with E-state index in [1.54, 1.807) is 0 Å². The summed E-state index contributed by atoms with van der Waals surface area (Å²) in [5.74, 6) is 0.981. The third-order valence-corrected chi connectivity index (χ3v) is 2.46. The van der Waals surface area contributed by atoms with E-state index in [2.05, 4.69) is 29.0 Å². The lowest BCUT2D eigenvalue weighted by molar-refractivity contribution is 0.580. The van der Waals surface area contributed by atoms with Crippen molar-refractivity contribution in [2.45, 2.75) is 13.1 Å². The molecule has 60 valence electrons. The van der Waals surface area contributed by atoms with Crippen molar-refractivity contribution in [2.75, 3.05) is 0 Å². The molecule has 11 heavy (non-hydrogen) atoms. The van der Waals surface area contributed by atoms with E-state index in [9.17, 15) is 0 Å². The molecule has 0 bridgehead atoms. The predicted octanol–water partition coefficient (Wildman–Crippen LogP) is 2.81. The van der Waals surface area contributed by atoms with Gasteiger partial charge in [-0.15, -0.1) is 0 Å². The highest BCUT2D eigenvalue weighted by Gasteiger charge is 1.97. The standard InChI is InChI=1S/C8H11BrOSi/c1-11(2)10-8-5-3-7(9)4-6-8/h3-6,11H,1-2H3. The Balaban J connectivity index is 2.66. The second-order valence-electron chi connectivity index (χ2n) is 2.62. The Morgan fingerprint density at radius 3 is 2.18 bits per heavy atom. The highest BCUT2D eigenvalue weighted by Crippen LogP contribution is 2.16. The van der Waals surface area contributed by atoms with Gasteiger partial charge in [-0.3, -0.25) is 0 Å². The molecule has 1 aromatic rings. The van der Waals surface area contributed by atoms with Gasteiger partial charge in [-0.25, -0.2) is 0 Å². The van der Waals surface area contributed by atoms with Crippen molar-refractivity contribution in [1.29, 1.82) is 0 Å². The van der Waals surface area contributed by atoms with Gasteiger partial charge in [0.1, 0.15) is 5.75 Å². The SMILES string of the molecule is C[SiH](C)Oc1ccc(Br)cc1.